The lowest BCUT2D eigenvalue weighted by Crippen LogP contribution is -2.43. The van der Waals surface area contributed by atoms with Crippen LogP contribution >= 0.6 is 0 Å². The molecule has 4 N–H and O–H groups in total. The third-order valence-electron chi connectivity index (χ3n) is 9.90. The highest BCUT2D eigenvalue weighted by molar-refractivity contribution is 5.93. The first-order valence-electron chi connectivity index (χ1n) is 17.8. The van der Waals surface area contributed by atoms with Gasteiger partial charge in [-0.15, -0.1) is 0 Å². The number of hydrogen-bond acceptors (Lipinski definition) is 10. The van der Waals surface area contributed by atoms with Crippen LogP contribution < -0.4 is 15.2 Å². The number of aromatic nitrogens is 2. The number of imidazole rings is 1. The summed E-state index contributed by atoms with van der Waals surface area (Å²) in [4.78, 5) is 19.8. The molecule has 2 aliphatic heterocycles. The van der Waals surface area contributed by atoms with Crippen molar-refractivity contribution in [2.45, 2.75) is 55.8 Å². The maximum Gasteiger partial charge on any atom is 0.471 e. The number of aliphatic imine (C=N–C) groups is 1. The van der Waals surface area contributed by atoms with Crippen molar-refractivity contribution in [3.05, 3.63) is 142 Å². The average Bonchev–Trinajstić information content (AvgIpc) is 3.76. The van der Waals surface area contributed by atoms with Crippen LogP contribution in [0.3, 0.4) is 0 Å². The Bertz CT molecular complexity index is 2050. The van der Waals surface area contributed by atoms with Crippen molar-refractivity contribution in [3.63, 3.8) is 0 Å². The number of aliphatic hydroxyl groups is 2. The van der Waals surface area contributed by atoms with Gasteiger partial charge in [0, 0.05) is 0 Å². The molecule has 1 saturated heterocycles. The third kappa shape index (κ3) is 8.17. The Kier molecular flexibility index (Phi) is 11.2. The summed E-state index contributed by atoms with van der Waals surface area (Å²) in [6, 6.07) is 30.9. The lowest BCUT2D eigenvalue weighted by Gasteiger charge is -2.27. The number of rotatable bonds is 12. The van der Waals surface area contributed by atoms with Gasteiger partial charge in [-0.3, -0.25) is 14.3 Å². The summed E-state index contributed by atoms with van der Waals surface area (Å²) >= 11 is 0. The van der Waals surface area contributed by atoms with Crippen molar-refractivity contribution in [2.75, 3.05) is 20.8 Å². The number of aliphatic hydroxyl groups excluding tert-OH is 2. The van der Waals surface area contributed by atoms with Crippen molar-refractivity contribution in [1.82, 2.24) is 14.5 Å². The zero-order valence-electron chi connectivity index (χ0n) is 30.4. The van der Waals surface area contributed by atoms with Crippen LogP contribution in [0.4, 0.5) is 19.0 Å². The van der Waals surface area contributed by atoms with Crippen molar-refractivity contribution in [3.8, 4) is 11.5 Å². The van der Waals surface area contributed by atoms with Gasteiger partial charge in [-0.1, -0.05) is 72.8 Å². The molecule has 3 heterocycles. The monoisotopic (exact) mass is 771 g/mol. The van der Waals surface area contributed by atoms with E-state index in [4.69, 9.17) is 24.7 Å². The van der Waals surface area contributed by atoms with E-state index in [1.165, 1.54) is 10.9 Å². The quantitative estimate of drug-likeness (QED) is 0.149. The van der Waals surface area contributed by atoms with E-state index >= 15 is 0 Å². The number of methoxy groups -OCH3 is 2. The van der Waals surface area contributed by atoms with Crippen molar-refractivity contribution in [1.29, 1.82) is 0 Å². The fraction of sp³-hybridized carbons (Fsp3) is 0.293. The third-order valence-corrected chi connectivity index (χ3v) is 9.90. The van der Waals surface area contributed by atoms with Crippen LogP contribution in [0.5, 0.6) is 11.5 Å². The van der Waals surface area contributed by atoms with Gasteiger partial charge in [0.25, 0.3) is 0 Å². The van der Waals surface area contributed by atoms with Crippen molar-refractivity contribution in [2.24, 2.45) is 10.7 Å². The molecule has 3 unspecified atom stereocenters. The van der Waals surface area contributed by atoms with E-state index in [2.05, 4.69) is 9.98 Å². The largest absolute Gasteiger partial charge is 0.497 e. The van der Waals surface area contributed by atoms with E-state index in [-0.39, 0.29) is 23.0 Å². The Morgan fingerprint density at radius 2 is 1.30 bits per heavy atom. The number of nitrogens with zero attached hydrogens (tertiary/aromatic N) is 4. The predicted molar refractivity (Wildman–Crippen MR) is 198 cm³/mol. The Labute approximate surface area is 320 Å². The fourth-order valence-corrected chi connectivity index (χ4v) is 6.80. The standard InChI is InChI=1S/C41H40F3N5O7/c1-53-30-15-7-26(8-16-30)19-24-3-11-28(12-4-24)36(29-13-5-25(6-14-29)20-27-9-17-31(54-2)18-10-27)55-21-32-35(50)33(45)39(56-32)48-22-46-34-37(48)47-23-49(38(34)51)40(52)41(42,43)44/h3-18,22-23,32-33,35-36,38-39,50-51H,19-21,45H2,1-2H3/t32-,33?,35?,38?,39-/m1/s1. The topological polar surface area (TPSA) is 154 Å². The van der Waals surface area contributed by atoms with Crippen LogP contribution in [-0.4, -0.2) is 82.2 Å². The molecule has 15 heteroatoms. The normalized spacial score (nSPS) is 20.7. The molecule has 7 rings (SSSR count). The number of carbonyl (C=O) groups is 1. The fourth-order valence-electron chi connectivity index (χ4n) is 6.80. The minimum Gasteiger partial charge on any atom is -0.497 e. The molecule has 1 amide bonds. The van der Waals surface area contributed by atoms with Crippen LogP contribution in [-0.2, 0) is 27.1 Å². The van der Waals surface area contributed by atoms with E-state index in [0.29, 0.717) is 19.2 Å². The predicted octanol–water partition coefficient (Wildman–Crippen LogP) is 5.53. The zero-order valence-corrected chi connectivity index (χ0v) is 30.4. The molecular weight excluding hydrogens is 731 g/mol. The molecule has 5 aromatic rings. The molecule has 292 valence electrons. The highest BCUT2D eigenvalue weighted by Gasteiger charge is 2.48. The first-order valence-corrected chi connectivity index (χ1v) is 17.8. The molecule has 0 radical (unpaired) electrons. The van der Waals surface area contributed by atoms with Gasteiger partial charge in [-0.05, 0) is 70.5 Å². The van der Waals surface area contributed by atoms with E-state index < -0.39 is 48.9 Å². The van der Waals surface area contributed by atoms with E-state index in [9.17, 15) is 28.2 Å². The molecule has 2 aliphatic rings. The van der Waals surface area contributed by atoms with Crippen molar-refractivity contribution < 1.29 is 47.1 Å². The van der Waals surface area contributed by atoms with Gasteiger partial charge in [0.1, 0.15) is 41.8 Å². The van der Waals surface area contributed by atoms with Crippen LogP contribution in [0.25, 0.3) is 0 Å². The molecular formula is C41H40F3N5O7. The number of fused-ring (bicyclic) bond motifs is 1. The van der Waals surface area contributed by atoms with Gasteiger partial charge < -0.3 is 34.9 Å². The van der Waals surface area contributed by atoms with Gasteiger partial charge in [-0.2, -0.15) is 13.2 Å². The Balaban J connectivity index is 1.09. The van der Waals surface area contributed by atoms with Crippen LogP contribution in [0, 0.1) is 0 Å². The summed E-state index contributed by atoms with van der Waals surface area (Å²) < 4.78 is 63.8. The lowest BCUT2D eigenvalue weighted by molar-refractivity contribution is -0.188. The SMILES string of the molecule is COc1ccc(Cc2ccc(C(OC[C@H]3O[C@@H](n4cnc5c4N=CN(C(=O)C(F)(F)F)C5O)C(N)C3O)c3ccc(Cc4ccc(OC)cc4)cc3)cc2)cc1. The van der Waals surface area contributed by atoms with E-state index in [0.717, 1.165) is 44.9 Å². The molecule has 12 nitrogen and oxygen atoms in total. The van der Waals surface area contributed by atoms with E-state index in [1.807, 2.05) is 97.1 Å². The maximum absolute atomic E-state index is 13.1. The molecule has 5 atom stereocenters. The molecule has 1 aromatic heterocycles. The van der Waals surface area contributed by atoms with Crippen LogP contribution in [0.15, 0.2) is 108 Å². The summed E-state index contributed by atoms with van der Waals surface area (Å²) in [5, 5.41) is 21.8. The molecule has 4 aromatic carbocycles. The first kappa shape index (κ1) is 38.7. The van der Waals surface area contributed by atoms with Gasteiger partial charge in [0.05, 0.1) is 33.2 Å². The number of nitrogens with two attached hydrogens (primary N) is 1. The maximum atomic E-state index is 13.1. The summed E-state index contributed by atoms with van der Waals surface area (Å²) in [5.74, 6) is -0.800. The summed E-state index contributed by atoms with van der Waals surface area (Å²) in [7, 11) is 3.26. The van der Waals surface area contributed by atoms with Crippen molar-refractivity contribution >= 4 is 18.1 Å². The lowest BCUT2D eigenvalue weighted by atomic mass is 9.96. The number of benzene rings is 4. The minimum absolute atomic E-state index is 0.0397. The van der Waals surface area contributed by atoms with E-state index in [1.54, 1.807) is 14.2 Å². The minimum atomic E-state index is -5.24. The molecule has 0 bridgehead atoms. The highest BCUT2D eigenvalue weighted by atomic mass is 19.4. The number of carbonyl (C=O) groups excluding carboxylic acids is 1. The first-order chi connectivity index (χ1) is 26.9. The number of amides is 1. The summed E-state index contributed by atoms with van der Waals surface area (Å²) in [6.07, 6.45) is -7.90. The number of hydrogen-bond donors (Lipinski definition) is 3. The molecule has 0 spiro atoms. The molecule has 0 saturated carbocycles. The Morgan fingerprint density at radius 3 is 1.77 bits per heavy atom. The molecule has 0 aliphatic carbocycles. The smallest absolute Gasteiger partial charge is 0.471 e. The number of alkyl halides is 3. The second-order valence-electron chi connectivity index (χ2n) is 13.6. The highest BCUT2D eigenvalue weighted by Crippen LogP contribution is 2.39. The second-order valence-corrected chi connectivity index (χ2v) is 13.6. The molecule has 1 fully saturated rings. The summed E-state index contributed by atoms with van der Waals surface area (Å²) in [5.41, 5.74) is 12.3. The van der Waals surface area contributed by atoms with Gasteiger partial charge >= 0.3 is 12.1 Å². The zero-order chi connectivity index (χ0) is 39.6. The number of halogens is 3. The second kappa shape index (κ2) is 16.3. The summed E-state index contributed by atoms with van der Waals surface area (Å²) in [6.45, 7) is -0.0894. The van der Waals surface area contributed by atoms with Crippen LogP contribution in [0.1, 0.15) is 57.6 Å². The Morgan fingerprint density at radius 1 is 0.821 bits per heavy atom. The van der Waals surface area contributed by atoms with Gasteiger partial charge in [0.15, 0.2) is 18.3 Å². The molecule has 56 heavy (non-hydrogen) atoms. The number of ether oxygens (including phenoxy) is 4. The average molecular weight is 772 g/mol. The van der Waals surface area contributed by atoms with Gasteiger partial charge in [0.2, 0.25) is 0 Å². The van der Waals surface area contributed by atoms with Crippen LogP contribution in [0.2, 0.25) is 0 Å². The Hall–Kier alpha value is -5.58. The van der Waals surface area contributed by atoms with Gasteiger partial charge in [-0.25, -0.2) is 9.98 Å².